The first-order valence-corrected chi connectivity index (χ1v) is 11.1. The molecule has 11 nitrogen and oxygen atoms in total. The molecular formula is C24H25N3O8. The van der Waals surface area contributed by atoms with E-state index in [-0.39, 0.29) is 32.5 Å². The van der Waals surface area contributed by atoms with Gasteiger partial charge in [0.05, 0.1) is 25.2 Å². The highest BCUT2D eigenvalue weighted by Gasteiger charge is 2.29. The van der Waals surface area contributed by atoms with Crippen molar-refractivity contribution in [3.05, 3.63) is 54.1 Å². The zero-order valence-corrected chi connectivity index (χ0v) is 18.7. The molecule has 4 N–H and O–H groups in total. The SMILES string of the molecule is O=C(C[C@H]1C=C[C@@H](NC(=O)Nc2ccc3c(c2)OCO3)[C@@H](CO)O1)NCc1ccc2c(c1)OCO2. The van der Waals surface area contributed by atoms with Gasteiger partial charge in [-0.1, -0.05) is 18.2 Å². The number of carbonyl (C=O) groups is 2. The van der Waals surface area contributed by atoms with E-state index >= 15 is 0 Å². The second-order valence-corrected chi connectivity index (χ2v) is 8.14. The summed E-state index contributed by atoms with van der Waals surface area (Å²) in [5, 5.41) is 18.1. The first kappa shape index (κ1) is 22.8. The van der Waals surface area contributed by atoms with Crippen LogP contribution in [0.4, 0.5) is 10.5 Å². The third kappa shape index (κ3) is 5.42. The highest BCUT2D eigenvalue weighted by atomic mass is 16.7. The zero-order chi connectivity index (χ0) is 24.2. The Morgan fingerprint density at radius 3 is 2.40 bits per heavy atom. The van der Waals surface area contributed by atoms with E-state index in [0.29, 0.717) is 35.2 Å². The van der Waals surface area contributed by atoms with Crippen LogP contribution in [-0.2, 0) is 16.1 Å². The highest BCUT2D eigenvalue weighted by molar-refractivity contribution is 5.90. The summed E-state index contributed by atoms with van der Waals surface area (Å²) in [6, 6.07) is 9.52. The number of fused-ring (bicyclic) bond motifs is 2. The normalized spacial score (nSPS) is 21.5. The van der Waals surface area contributed by atoms with Crippen LogP contribution in [0.25, 0.3) is 0 Å². The molecule has 11 heteroatoms. The van der Waals surface area contributed by atoms with Crippen LogP contribution in [0.3, 0.4) is 0 Å². The van der Waals surface area contributed by atoms with Crippen LogP contribution >= 0.6 is 0 Å². The molecule has 0 radical (unpaired) electrons. The van der Waals surface area contributed by atoms with Gasteiger partial charge in [-0.2, -0.15) is 0 Å². The summed E-state index contributed by atoms with van der Waals surface area (Å²) < 4.78 is 27.0. The summed E-state index contributed by atoms with van der Waals surface area (Å²) in [4.78, 5) is 24.9. The molecule has 3 amide bonds. The van der Waals surface area contributed by atoms with Crippen molar-refractivity contribution in [2.24, 2.45) is 0 Å². The Kier molecular flexibility index (Phi) is 6.59. The van der Waals surface area contributed by atoms with Crippen molar-refractivity contribution in [2.75, 3.05) is 25.5 Å². The molecule has 3 aliphatic rings. The molecule has 0 fully saturated rings. The van der Waals surface area contributed by atoms with Crippen LogP contribution in [0.15, 0.2) is 48.6 Å². The molecule has 3 aliphatic heterocycles. The van der Waals surface area contributed by atoms with Gasteiger partial charge in [0.15, 0.2) is 23.0 Å². The number of ether oxygens (including phenoxy) is 5. The Morgan fingerprint density at radius 1 is 0.914 bits per heavy atom. The molecule has 0 bridgehead atoms. The summed E-state index contributed by atoms with van der Waals surface area (Å²) in [7, 11) is 0. The van der Waals surface area contributed by atoms with E-state index < -0.39 is 24.3 Å². The van der Waals surface area contributed by atoms with Crippen molar-refractivity contribution in [1.82, 2.24) is 10.6 Å². The lowest BCUT2D eigenvalue weighted by Gasteiger charge is -2.31. The molecule has 0 unspecified atom stereocenters. The van der Waals surface area contributed by atoms with Crippen LogP contribution in [0.1, 0.15) is 12.0 Å². The van der Waals surface area contributed by atoms with Gasteiger partial charge in [0.25, 0.3) is 0 Å². The first-order chi connectivity index (χ1) is 17.1. The molecule has 2 aromatic carbocycles. The van der Waals surface area contributed by atoms with Gasteiger partial charge in [0.1, 0.15) is 6.10 Å². The summed E-state index contributed by atoms with van der Waals surface area (Å²) in [5.74, 6) is 2.30. The minimum absolute atomic E-state index is 0.0770. The number of rotatable bonds is 7. The van der Waals surface area contributed by atoms with Crippen molar-refractivity contribution < 1.29 is 38.4 Å². The van der Waals surface area contributed by atoms with Crippen LogP contribution in [0.2, 0.25) is 0 Å². The number of amides is 3. The Morgan fingerprint density at radius 2 is 1.63 bits per heavy atom. The fourth-order valence-corrected chi connectivity index (χ4v) is 3.94. The largest absolute Gasteiger partial charge is 0.454 e. The summed E-state index contributed by atoms with van der Waals surface area (Å²) in [5.41, 5.74) is 1.42. The van der Waals surface area contributed by atoms with Crippen LogP contribution < -0.4 is 34.9 Å². The van der Waals surface area contributed by atoms with Gasteiger partial charge in [0, 0.05) is 18.3 Å². The predicted octanol–water partition coefficient (Wildman–Crippen LogP) is 1.66. The lowest BCUT2D eigenvalue weighted by atomic mass is 10.0. The summed E-state index contributed by atoms with van der Waals surface area (Å²) >= 11 is 0. The number of benzene rings is 2. The van der Waals surface area contributed by atoms with Crippen LogP contribution in [-0.4, -0.2) is 55.5 Å². The third-order valence-electron chi connectivity index (χ3n) is 5.70. The van der Waals surface area contributed by atoms with Crippen molar-refractivity contribution >= 4 is 17.6 Å². The van der Waals surface area contributed by atoms with E-state index in [9.17, 15) is 14.7 Å². The van der Waals surface area contributed by atoms with Gasteiger partial charge in [0.2, 0.25) is 19.5 Å². The molecule has 35 heavy (non-hydrogen) atoms. The summed E-state index contributed by atoms with van der Waals surface area (Å²) in [6.45, 7) is 0.345. The number of hydrogen-bond acceptors (Lipinski definition) is 8. The monoisotopic (exact) mass is 483 g/mol. The minimum atomic E-state index is -0.700. The Labute approximate surface area is 200 Å². The standard InChI is InChI=1S/C24H25N3O8/c28-11-22-17(27-24(30)26-15-2-6-19-21(8-15)34-13-32-19)4-3-16(35-22)9-23(29)25-10-14-1-5-18-20(7-14)33-12-31-18/h1-8,16-17,22,28H,9-13H2,(H,25,29)(H2,26,27,30)/t16-,17-,22-/m1/s1. The Bertz CT molecular complexity index is 1140. The molecule has 3 atom stereocenters. The number of aliphatic hydroxyl groups is 1. The Hall–Kier alpha value is -3.96. The molecule has 5 rings (SSSR count). The maximum atomic E-state index is 12.4. The second-order valence-electron chi connectivity index (χ2n) is 8.14. The van der Waals surface area contributed by atoms with Gasteiger partial charge >= 0.3 is 6.03 Å². The van der Waals surface area contributed by atoms with Gasteiger partial charge < -0.3 is 44.7 Å². The number of aliphatic hydroxyl groups excluding tert-OH is 1. The molecule has 0 spiro atoms. The molecule has 184 valence electrons. The molecule has 3 heterocycles. The number of urea groups is 1. The smallest absolute Gasteiger partial charge is 0.319 e. The summed E-state index contributed by atoms with van der Waals surface area (Å²) in [6.07, 6.45) is 2.28. The van der Waals surface area contributed by atoms with E-state index in [1.165, 1.54) is 0 Å². The van der Waals surface area contributed by atoms with Crippen LogP contribution in [0, 0.1) is 0 Å². The maximum Gasteiger partial charge on any atom is 0.319 e. The fraction of sp³-hybridized carbons (Fsp3) is 0.333. The van der Waals surface area contributed by atoms with E-state index in [0.717, 1.165) is 5.56 Å². The molecule has 0 saturated carbocycles. The van der Waals surface area contributed by atoms with Gasteiger partial charge in [-0.15, -0.1) is 0 Å². The average molecular weight is 483 g/mol. The lowest BCUT2D eigenvalue weighted by Crippen LogP contribution is -2.50. The van der Waals surface area contributed by atoms with E-state index in [1.54, 1.807) is 36.4 Å². The first-order valence-electron chi connectivity index (χ1n) is 11.1. The topological polar surface area (TPSA) is 137 Å². The quantitative estimate of drug-likeness (QED) is 0.437. The number of carbonyl (C=O) groups excluding carboxylic acids is 2. The minimum Gasteiger partial charge on any atom is -0.454 e. The zero-order valence-electron chi connectivity index (χ0n) is 18.7. The molecule has 2 aromatic rings. The number of hydrogen-bond donors (Lipinski definition) is 4. The predicted molar refractivity (Wildman–Crippen MR) is 122 cm³/mol. The van der Waals surface area contributed by atoms with E-state index in [2.05, 4.69) is 16.0 Å². The van der Waals surface area contributed by atoms with Gasteiger partial charge in [-0.25, -0.2) is 4.79 Å². The Balaban J connectivity index is 1.10. The maximum absolute atomic E-state index is 12.4. The van der Waals surface area contributed by atoms with Crippen molar-refractivity contribution in [3.8, 4) is 23.0 Å². The average Bonchev–Trinajstić information content (AvgIpc) is 3.52. The molecule has 0 aliphatic carbocycles. The van der Waals surface area contributed by atoms with Gasteiger partial charge in [-0.3, -0.25) is 4.79 Å². The van der Waals surface area contributed by atoms with Crippen molar-refractivity contribution in [3.63, 3.8) is 0 Å². The van der Waals surface area contributed by atoms with Crippen LogP contribution in [0.5, 0.6) is 23.0 Å². The van der Waals surface area contributed by atoms with Gasteiger partial charge in [-0.05, 0) is 29.8 Å². The van der Waals surface area contributed by atoms with E-state index in [1.807, 2.05) is 12.1 Å². The molecular weight excluding hydrogens is 458 g/mol. The molecule has 0 aromatic heterocycles. The molecule has 0 saturated heterocycles. The van der Waals surface area contributed by atoms with E-state index in [4.69, 9.17) is 23.7 Å². The lowest BCUT2D eigenvalue weighted by molar-refractivity contribution is -0.125. The second kappa shape index (κ2) is 10.1. The van der Waals surface area contributed by atoms with Crippen molar-refractivity contribution in [2.45, 2.75) is 31.2 Å². The highest BCUT2D eigenvalue weighted by Crippen LogP contribution is 2.34. The number of nitrogens with one attached hydrogen (secondary N) is 3. The third-order valence-corrected chi connectivity index (χ3v) is 5.70. The fourth-order valence-electron chi connectivity index (χ4n) is 3.94. The number of anilines is 1. The van der Waals surface area contributed by atoms with Crippen molar-refractivity contribution in [1.29, 1.82) is 0 Å².